The first kappa shape index (κ1) is 15.7. The Bertz CT molecular complexity index is 564. The number of non-ortho nitro benzene ring substituents is 1. The molecule has 1 fully saturated rings. The Labute approximate surface area is 127 Å². The number of ether oxygens (including phenoxy) is 1. The summed E-state index contributed by atoms with van der Waals surface area (Å²) in [6, 6.07) is 5.50. The quantitative estimate of drug-likeness (QED) is 0.623. The molecule has 2 amide bonds. The second-order valence-electron chi connectivity index (χ2n) is 4.78. The molecule has 0 aromatic heterocycles. The molecule has 0 radical (unpaired) electrons. The van der Waals surface area contributed by atoms with Crippen LogP contribution in [-0.4, -0.2) is 59.5 Å². The molecule has 1 saturated heterocycles. The third-order valence-electron chi connectivity index (χ3n) is 3.42. The molecule has 0 aliphatic carbocycles. The molecule has 22 heavy (non-hydrogen) atoms. The fraction of sp³-hybridized carbons (Fsp3) is 0.429. The maximum Gasteiger partial charge on any atom is 0.409 e. The summed E-state index contributed by atoms with van der Waals surface area (Å²) < 4.78 is 4.92. The monoisotopic (exact) mass is 307 g/mol. The zero-order valence-electron chi connectivity index (χ0n) is 12.2. The molecule has 0 unspecified atom stereocenters. The maximum absolute atomic E-state index is 12.3. The van der Waals surface area contributed by atoms with Gasteiger partial charge in [-0.15, -0.1) is 0 Å². The van der Waals surface area contributed by atoms with Crippen LogP contribution in [0.4, 0.5) is 10.5 Å². The average Bonchev–Trinajstić information content (AvgIpc) is 2.54. The minimum absolute atomic E-state index is 0.0521. The van der Waals surface area contributed by atoms with Crippen molar-refractivity contribution in [3.05, 3.63) is 39.9 Å². The van der Waals surface area contributed by atoms with Crippen molar-refractivity contribution in [2.45, 2.75) is 6.92 Å². The first-order chi connectivity index (χ1) is 10.5. The van der Waals surface area contributed by atoms with Crippen LogP contribution in [0.15, 0.2) is 24.3 Å². The van der Waals surface area contributed by atoms with Gasteiger partial charge >= 0.3 is 6.09 Å². The van der Waals surface area contributed by atoms with Crippen molar-refractivity contribution in [3.8, 4) is 0 Å². The number of amides is 2. The molecule has 0 spiro atoms. The van der Waals surface area contributed by atoms with Gasteiger partial charge < -0.3 is 14.5 Å². The Morgan fingerprint density at radius 3 is 2.18 bits per heavy atom. The minimum Gasteiger partial charge on any atom is -0.450 e. The number of hydrogen-bond acceptors (Lipinski definition) is 5. The van der Waals surface area contributed by atoms with Gasteiger partial charge in [-0.2, -0.15) is 0 Å². The van der Waals surface area contributed by atoms with E-state index in [1.807, 2.05) is 0 Å². The van der Waals surface area contributed by atoms with Gasteiger partial charge in [-0.25, -0.2) is 4.79 Å². The van der Waals surface area contributed by atoms with E-state index in [-0.39, 0.29) is 17.7 Å². The van der Waals surface area contributed by atoms with Gasteiger partial charge in [0.1, 0.15) is 0 Å². The van der Waals surface area contributed by atoms with Crippen molar-refractivity contribution < 1.29 is 19.2 Å². The van der Waals surface area contributed by atoms with Crippen molar-refractivity contribution in [2.24, 2.45) is 0 Å². The number of nitrogens with zero attached hydrogens (tertiary/aromatic N) is 3. The molecule has 0 N–H and O–H groups in total. The van der Waals surface area contributed by atoms with E-state index in [0.717, 1.165) is 0 Å². The molecule has 8 nitrogen and oxygen atoms in total. The van der Waals surface area contributed by atoms with Gasteiger partial charge in [-0.1, -0.05) is 0 Å². The summed E-state index contributed by atoms with van der Waals surface area (Å²) in [7, 11) is 0. The van der Waals surface area contributed by atoms with E-state index in [1.54, 1.807) is 16.7 Å². The lowest BCUT2D eigenvalue weighted by Gasteiger charge is -2.34. The molecule has 1 aromatic carbocycles. The van der Waals surface area contributed by atoms with Crippen LogP contribution in [0.25, 0.3) is 0 Å². The summed E-state index contributed by atoms with van der Waals surface area (Å²) >= 11 is 0. The lowest BCUT2D eigenvalue weighted by molar-refractivity contribution is -0.384. The fourth-order valence-electron chi connectivity index (χ4n) is 2.22. The SMILES string of the molecule is CCOC(=O)N1CCN(C(=O)c2ccc([N+](=O)[O-])cc2)CC1. The van der Waals surface area contributed by atoms with Crippen LogP contribution in [0, 0.1) is 10.1 Å². The highest BCUT2D eigenvalue weighted by Crippen LogP contribution is 2.15. The van der Waals surface area contributed by atoms with Crippen LogP contribution < -0.4 is 0 Å². The van der Waals surface area contributed by atoms with Crippen molar-refractivity contribution >= 4 is 17.7 Å². The molecule has 0 saturated carbocycles. The minimum atomic E-state index is -0.508. The lowest BCUT2D eigenvalue weighted by atomic mass is 10.1. The highest BCUT2D eigenvalue weighted by molar-refractivity contribution is 5.94. The van der Waals surface area contributed by atoms with Crippen LogP contribution in [0.1, 0.15) is 17.3 Å². The molecule has 2 rings (SSSR count). The number of carbonyl (C=O) groups is 2. The predicted octanol–water partition coefficient (Wildman–Crippen LogP) is 1.51. The highest BCUT2D eigenvalue weighted by atomic mass is 16.6. The Morgan fingerprint density at radius 1 is 1.14 bits per heavy atom. The number of piperazine rings is 1. The Balaban J connectivity index is 1.94. The molecule has 0 bridgehead atoms. The second kappa shape index (κ2) is 6.88. The normalized spacial score (nSPS) is 14.6. The first-order valence-electron chi connectivity index (χ1n) is 6.98. The van der Waals surface area contributed by atoms with E-state index in [1.165, 1.54) is 24.3 Å². The molecule has 1 aliphatic rings. The van der Waals surface area contributed by atoms with Crippen molar-refractivity contribution in [1.82, 2.24) is 9.80 Å². The number of carbonyl (C=O) groups excluding carboxylic acids is 2. The van der Waals surface area contributed by atoms with Crippen LogP contribution in [-0.2, 0) is 4.74 Å². The zero-order chi connectivity index (χ0) is 16.1. The third kappa shape index (κ3) is 3.51. The molecule has 8 heteroatoms. The number of benzene rings is 1. The fourth-order valence-corrected chi connectivity index (χ4v) is 2.22. The highest BCUT2D eigenvalue weighted by Gasteiger charge is 2.25. The zero-order valence-corrected chi connectivity index (χ0v) is 12.2. The van der Waals surface area contributed by atoms with Gasteiger partial charge in [0.25, 0.3) is 11.6 Å². The Morgan fingerprint density at radius 2 is 1.68 bits per heavy atom. The summed E-state index contributed by atoms with van der Waals surface area (Å²) in [4.78, 5) is 37.2. The molecule has 1 aromatic rings. The summed E-state index contributed by atoms with van der Waals surface area (Å²) in [5.74, 6) is -0.196. The molecule has 1 aliphatic heterocycles. The molecular weight excluding hydrogens is 290 g/mol. The van der Waals surface area contributed by atoms with Gasteiger partial charge in [0.05, 0.1) is 11.5 Å². The Kier molecular flexibility index (Phi) is 4.92. The summed E-state index contributed by atoms with van der Waals surface area (Å²) in [5.41, 5.74) is 0.346. The summed E-state index contributed by atoms with van der Waals surface area (Å²) in [6.45, 7) is 3.71. The van der Waals surface area contributed by atoms with E-state index >= 15 is 0 Å². The van der Waals surface area contributed by atoms with Crippen LogP contribution >= 0.6 is 0 Å². The van der Waals surface area contributed by atoms with Crippen molar-refractivity contribution in [1.29, 1.82) is 0 Å². The topological polar surface area (TPSA) is 93.0 Å². The smallest absolute Gasteiger partial charge is 0.409 e. The van der Waals surface area contributed by atoms with Crippen LogP contribution in [0.3, 0.4) is 0 Å². The lowest BCUT2D eigenvalue weighted by Crippen LogP contribution is -2.50. The third-order valence-corrected chi connectivity index (χ3v) is 3.42. The van der Waals surface area contributed by atoms with Crippen molar-refractivity contribution in [2.75, 3.05) is 32.8 Å². The predicted molar refractivity (Wildman–Crippen MR) is 77.6 cm³/mol. The molecular formula is C14H17N3O5. The van der Waals surface area contributed by atoms with Gasteiger partial charge in [0.15, 0.2) is 0 Å². The molecule has 118 valence electrons. The standard InChI is InChI=1S/C14H17N3O5/c1-2-22-14(19)16-9-7-15(8-10-16)13(18)11-3-5-12(6-4-11)17(20)21/h3-6H,2,7-10H2,1H3. The van der Waals surface area contributed by atoms with E-state index in [0.29, 0.717) is 38.3 Å². The van der Waals surface area contributed by atoms with E-state index in [9.17, 15) is 19.7 Å². The van der Waals surface area contributed by atoms with Gasteiger partial charge in [0.2, 0.25) is 0 Å². The summed E-state index contributed by atoms with van der Waals surface area (Å²) in [6.07, 6.45) is -0.370. The van der Waals surface area contributed by atoms with Gasteiger partial charge in [-0.05, 0) is 19.1 Å². The molecule has 0 atom stereocenters. The van der Waals surface area contributed by atoms with Crippen LogP contribution in [0.5, 0.6) is 0 Å². The van der Waals surface area contributed by atoms with Crippen LogP contribution in [0.2, 0.25) is 0 Å². The largest absolute Gasteiger partial charge is 0.450 e. The number of nitro benzene ring substituents is 1. The van der Waals surface area contributed by atoms with E-state index in [2.05, 4.69) is 0 Å². The summed E-state index contributed by atoms with van der Waals surface area (Å²) in [5, 5.41) is 10.6. The number of hydrogen-bond donors (Lipinski definition) is 0. The van der Waals surface area contributed by atoms with Gasteiger partial charge in [-0.3, -0.25) is 14.9 Å². The first-order valence-corrected chi connectivity index (χ1v) is 6.98. The number of nitro groups is 1. The van der Waals surface area contributed by atoms with Gasteiger partial charge in [0, 0.05) is 43.9 Å². The van der Waals surface area contributed by atoms with Crippen molar-refractivity contribution in [3.63, 3.8) is 0 Å². The molecule has 1 heterocycles. The van der Waals surface area contributed by atoms with E-state index < -0.39 is 4.92 Å². The van der Waals surface area contributed by atoms with E-state index in [4.69, 9.17) is 4.74 Å². The second-order valence-corrected chi connectivity index (χ2v) is 4.78. The maximum atomic E-state index is 12.3. The number of rotatable bonds is 3. The Hall–Kier alpha value is -2.64. The average molecular weight is 307 g/mol.